The number of hydrogen-bond acceptors (Lipinski definition) is 7. The average Bonchev–Trinajstić information content (AvgIpc) is 3.22. The van der Waals surface area contributed by atoms with Crippen molar-refractivity contribution >= 4 is 11.3 Å². The van der Waals surface area contributed by atoms with E-state index >= 15 is 0 Å². The summed E-state index contributed by atoms with van der Waals surface area (Å²) in [4.78, 5) is 1.19. The van der Waals surface area contributed by atoms with Crippen molar-refractivity contribution in [3.05, 3.63) is 35.7 Å². The lowest BCUT2D eigenvalue weighted by Crippen LogP contribution is -2.16. The standard InChI is InChI=1S/C20H26O6S/c1-2-20(27-15-1)17-3-4-18-19(16-17)26-14-12-24-10-8-22-6-5-21-7-9-23-11-13-25-18/h1-4,15-16H,5-14H2. The Morgan fingerprint density at radius 2 is 1.15 bits per heavy atom. The fraction of sp³-hybridized carbons (Fsp3) is 0.500. The van der Waals surface area contributed by atoms with Gasteiger partial charge in [-0.25, -0.2) is 0 Å². The van der Waals surface area contributed by atoms with E-state index in [9.17, 15) is 0 Å². The first-order chi connectivity index (χ1) is 13.4. The van der Waals surface area contributed by atoms with Gasteiger partial charge in [0.2, 0.25) is 0 Å². The van der Waals surface area contributed by atoms with Crippen molar-refractivity contribution < 1.29 is 28.4 Å². The minimum atomic E-state index is 0.448. The average molecular weight is 394 g/mol. The molecule has 0 unspecified atom stereocenters. The second-order valence-electron chi connectivity index (χ2n) is 5.79. The molecule has 2 heterocycles. The largest absolute Gasteiger partial charge is 0.487 e. The van der Waals surface area contributed by atoms with Crippen molar-refractivity contribution in [2.75, 3.05) is 66.1 Å². The first-order valence-corrected chi connectivity index (χ1v) is 10.1. The Hall–Kier alpha value is -1.64. The predicted molar refractivity (Wildman–Crippen MR) is 104 cm³/mol. The molecule has 0 saturated carbocycles. The van der Waals surface area contributed by atoms with Crippen molar-refractivity contribution in [2.24, 2.45) is 0 Å². The van der Waals surface area contributed by atoms with E-state index in [2.05, 4.69) is 11.4 Å². The van der Waals surface area contributed by atoms with E-state index in [1.807, 2.05) is 24.3 Å². The van der Waals surface area contributed by atoms with Crippen LogP contribution in [0.25, 0.3) is 10.4 Å². The molecule has 0 spiro atoms. The number of thiophene rings is 1. The van der Waals surface area contributed by atoms with Gasteiger partial charge < -0.3 is 28.4 Å². The molecule has 2 aromatic rings. The van der Waals surface area contributed by atoms with Gasteiger partial charge in [0.1, 0.15) is 13.2 Å². The highest BCUT2D eigenvalue weighted by Crippen LogP contribution is 2.34. The van der Waals surface area contributed by atoms with Gasteiger partial charge in [0, 0.05) is 4.88 Å². The van der Waals surface area contributed by atoms with Gasteiger partial charge in [-0.3, -0.25) is 0 Å². The number of benzene rings is 1. The van der Waals surface area contributed by atoms with Crippen LogP contribution in [0.3, 0.4) is 0 Å². The molecule has 3 rings (SSSR count). The zero-order valence-corrected chi connectivity index (χ0v) is 16.2. The van der Waals surface area contributed by atoms with E-state index in [1.54, 1.807) is 11.3 Å². The second-order valence-corrected chi connectivity index (χ2v) is 6.73. The number of ether oxygens (including phenoxy) is 6. The van der Waals surface area contributed by atoms with Crippen molar-refractivity contribution in [3.63, 3.8) is 0 Å². The van der Waals surface area contributed by atoms with E-state index in [0.29, 0.717) is 77.6 Å². The van der Waals surface area contributed by atoms with Gasteiger partial charge in [-0.1, -0.05) is 6.07 Å². The topological polar surface area (TPSA) is 55.4 Å². The maximum absolute atomic E-state index is 5.92. The summed E-state index contributed by atoms with van der Waals surface area (Å²) in [5.41, 5.74) is 1.11. The molecule has 1 aromatic heterocycles. The SMILES string of the molecule is c1csc(-c2ccc3c(c2)OCCOCCOCCOCCOCCO3)c1. The van der Waals surface area contributed by atoms with Gasteiger partial charge in [-0.05, 0) is 35.2 Å². The highest BCUT2D eigenvalue weighted by Gasteiger charge is 2.09. The molecule has 0 radical (unpaired) electrons. The molecular weight excluding hydrogens is 368 g/mol. The third kappa shape index (κ3) is 7.12. The summed E-state index contributed by atoms with van der Waals surface area (Å²) in [7, 11) is 0. The highest BCUT2D eigenvalue weighted by atomic mass is 32.1. The molecule has 1 aliphatic heterocycles. The van der Waals surface area contributed by atoms with Crippen LogP contribution in [-0.4, -0.2) is 66.1 Å². The predicted octanol–water partition coefficient (Wildman–Crippen LogP) is 3.25. The molecule has 1 aromatic carbocycles. The van der Waals surface area contributed by atoms with Crippen molar-refractivity contribution in [2.45, 2.75) is 0 Å². The maximum Gasteiger partial charge on any atom is 0.161 e. The summed E-state index contributed by atoms with van der Waals surface area (Å²) < 4.78 is 33.7. The third-order valence-corrected chi connectivity index (χ3v) is 4.75. The minimum absolute atomic E-state index is 0.448. The van der Waals surface area contributed by atoms with Crippen LogP contribution in [0.1, 0.15) is 0 Å². The monoisotopic (exact) mass is 394 g/mol. The van der Waals surface area contributed by atoms with Crippen LogP contribution in [0.15, 0.2) is 35.7 Å². The van der Waals surface area contributed by atoms with Crippen LogP contribution in [-0.2, 0) is 18.9 Å². The quantitative estimate of drug-likeness (QED) is 0.740. The fourth-order valence-corrected chi connectivity index (χ4v) is 3.24. The molecule has 1 aliphatic rings. The zero-order valence-electron chi connectivity index (χ0n) is 15.4. The van der Waals surface area contributed by atoms with Crippen LogP contribution < -0.4 is 9.47 Å². The summed E-state index contributed by atoms with van der Waals surface area (Å²) in [6.07, 6.45) is 0. The Kier molecular flexibility index (Phi) is 8.89. The van der Waals surface area contributed by atoms with Crippen LogP contribution >= 0.6 is 11.3 Å². The number of hydrogen-bond donors (Lipinski definition) is 0. The maximum atomic E-state index is 5.92. The summed E-state index contributed by atoms with van der Waals surface area (Å²) in [5, 5.41) is 2.06. The molecule has 0 bridgehead atoms. The fourth-order valence-electron chi connectivity index (χ4n) is 2.52. The molecule has 0 atom stereocenters. The Bertz CT molecular complexity index is 646. The molecule has 0 amide bonds. The van der Waals surface area contributed by atoms with Gasteiger partial charge in [-0.2, -0.15) is 0 Å². The summed E-state index contributed by atoms with van der Waals surface area (Å²) in [6.45, 7) is 5.16. The van der Waals surface area contributed by atoms with Crippen LogP contribution in [0.2, 0.25) is 0 Å². The van der Waals surface area contributed by atoms with E-state index in [0.717, 1.165) is 5.56 Å². The van der Waals surface area contributed by atoms with E-state index in [4.69, 9.17) is 28.4 Å². The molecule has 27 heavy (non-hydrogen) atoms. The Balaban J connectivity index is 1.61. The Morgan fingerprint density at radius 1 is 0.593 bits per heavy atom. The smallest absolute Gasteiger partial charge is 0.161 e. The van der Waals surface area contributed by atoms with E-state index < -0.39 is 0 Å². The minimum Gasteiger partial charge on any atom is -0.487 e. The van der Waals surface area contributed by atoms with Crippen LogP contribution in [0.5, 0.6) is 11.5 Å². The molecule has 148 valence electrons. The lowest BCUT2D eigenvalue weighted by atomic mass is 10.1. The summed E-state index contributed by atoms with van der Waals surface area (Å²) in [5.74, 6) is 1.42. The number of rotatable bonds is 1. The number of fused-ring (bicyclic) bond motifs is 1. The van der Waals surface area contributed by atoms with Gasteiger partial charge in [0.05, 0.1) is 52.9 Å². The van der Waals surface area contributed by atoms with Gasteiger partial charge >= 0.3 is 0 Å². The first-order valence-electron chi connectivity index (χ1n) is 9.18. The molecule has 0 fully saturated rings. The van der Waals surface area contributed by atoms with Gasteiger partial charge in [-0.15, -0.1) is 11.3 Å². The first kappa shape index (κ1) is 20.1. The molecule has 7 heteroatoms. The molecule has 0 saturated heterocycles. The molecular formula is C20H26O6S. The van der Waals surface area contributed by atoms with Gasteiger partial charge in [0.15, 0.2) is 11.5 Å². The molecule has 0 aliphatic carbocycles. The zero-order chi connectivity index (χ0) is 18.6. The van der Waals surface area contributed by atoms with Crippen molar-refractivity contribution in [1.82, 2.24) is 0 Å². The Labute approximate surface area is 163 Å². The van der Waals surface area contributed by atoms with Crippen molar-refractivity contribution in [3.8, 4) is 21.9 Å². The molecule has 6 nitrogen and oxygen atoms in total. The third-order valence-electron chi connectivity index (χ3n) is 3.84. The van der Waals surface area contributed by atoms with E-state index in [-0.39, 0.29) is 0 Å². The van der Waals surface area contributed by atoms with Crippen LogP contribution in [0.4, 0.5) is 0 Å². The lowest BCUT2D eigenvalue weighted by Gasteiger charge is -2.15. The van der Waals surface area contributed by atoms with Crippen LogP contribution in [0, 0.1) is 0 Å². The van der Waals surface area contributed by atoms with Crippen molar-refractivity contribution in [1.29, 1.82) is 0 Å². The summed E-state index contributed by atoms with van der Waals surface area (Å²) >= 11 is 1.70. The highest BCUT2D eigenvalue weighted by molar-refractivity contribution is 7.13. The normalized spacial score (nSPS) is 18.4. The van der Waals surface area contributed by atoms with E-state index in [1.165, 1.54) is 4.88 Å². The summed E-state index contributed by atoms with van der Waals surface area (Å²) in [6, 6.07) is 10.1. The lowest BCUT2D eigenvalue weighted by molar-refractivity contribution is -0.00841. The Morgan fingerprint density at radius 3 is 1.70 bits per heavy atom. The second kappa shape index (κ2) is 11.9. The molecule has 0 N–H and O–H groups in total. The van der Waals surface area contributed by atoms with Gasteiger partial charge in [0.25, 0.3) is 0 Å².